The Bertz CT molecular complexity index is 1720. The Morgan fingerprint density at radius 2 is 1.36 bits per heavy atom. The number of azo groups is 1. The van der Waals surface area contributed by atoms with E-state index >= 15 is 0 Å². The Morgan fingerprint density at radius 3 is 1.94 bits per heavy atom. The first-order chi connectivity index (χ1) is 16.9. The highest BCUT2D eigenvalue weighted by Crippen LogP contribution is 2.39. The maximum Gasteiger partial charge on any atom is 0.295 e. The fourth-order valence-corrected chi connectivity index (χ4v) is 4.50. The first-order valence-electron chi connectivity index (χ1n) is 10.1. The van der Waals surface area contributed by atoms with Crippen LogP contribution >= 0.6 is 0 Å². The number of benzene rings is 4. The second kappa shape index (κ2) is 9.47. The van der Waals surface area contributed by atoms with Crippen molar-refractivity contribution >= 4 is 54.0 Å². The number of carbonyl (C=O) groups excluding carboxylic acids is 1. The highest BCUT2D eigenvalue weighted by molar-refractivity contribution is 7.86. The average molecular weight is 528 g/mol. The maximum atomic E-state index is 12.4. The predicted molar refractivity (Wildman–Crippen MR) is 130 cm³/mol. The van der Waals surface area contributed by atoms with Crippen LogP contribution in [0.3, 0.4) is 0 Å². The third-order valence-electron chi connectivity index (χ3n) is 5.05. The van der Waals surface area contributed by atoms with Crippen LogP contribution in [0, 0.1) is 0 Å². The van der Waals surface area contributed by atoms with Crippen LogP contribution in [0.5, 0.6) is 5.75 Å². The molecule has 13 heteroatoms. The third kappa shape index (κ3) is 5.39. The summed E-state index contributed by atoms with van der Waals surface area (Å²) in [5, 5.41) is 21.2. The molecule has 4 rings (SSSR count). The highest BCUT2D eigenvalue weighted by Gasteiger charge is 2.19. The van der Waals surface area contributed by atoms with Gasteiger partial charge in [-0.25, -0.2) is 0 Å². The van der Waals surface area contributed by atoms with Crippen molar-refractivity contribution in [3.63, 3.8) is 0 Å². The molecular formula is C23H17N3O8S2. The number of hydrogen-bond acceptors (Lipinski definition) is 8. The number of fused-ring (bicyclic) bond motifs is 1. The van der Waals surface area contributed by atoms with Crippen molar-refractivity contribution in [1.82, 2.24) is 0 Å². The molecule has 0 fully saturated rings. The standard InChI is InChI=1S/C23H17N3O8S2/c27-22-19-4-2-1-3-18(19)21(36(32,33)34)13-20(22)26-25-16-7-5-14(6-8-16)23(28)24-15-9-11-17(12-10-15)35(29,30)31/h1-13,27H,(H,24,28)(H,29,30,31)(H,32,33,34). The molecule has 184 valence electrons. The number of anilines is 1. The van der Waals surface area contributed by atoms with Crippen molar-refractivity contribution in [2.24, 2.45) is 10.2 Å². The molecular weight excluding hydrogens is 510 g/mol. The molecule has 4 aromatic rings. The molecule has 11 nitrogen and oxygen atoms in total. The van der Waals surface area contributed by atoms with Crippen LogP contribution < -0.4 is 5.32 Å². The fraction of sp³-hybridized carbons (Fsp3) is 0. The van der Waals surface area contributed by atoms with Crippen molar-refractivity contribution in [1.29, 1.82) is 0 Å². The van der Waals surface area contributed by atoms with Crippen LogP contribution in [-0.2, 0) is 20.2 Å². The summed E-state index contributed by atoms with van der Waals surface area (Å²) >= 11 is 0. The number of carbonyl (C=O) groups is 1. The lowest BCUT2D eigenvalue weighted by Crippen LogP contribution is -2.11. The fourth-order valence-electron chi connectivity index (χ4n) is 3.31. The number of hydrogen-bond donors (Lipinski definition) is 4. The molecule has 0 aliphatic rings. The minimum Gasteiger partial charge on any atom is -0.505 e. The monoisotopic (exact) mass is 527 g/mol. The molecule has 0 aliphatic carbocycles. The number of phenols is 1. The Labute approximate surface area is 205 Å². The zero-order chi connectivity index (χ0) is 26.1. The zero-order valence-electron chi connectivity index (χ0n) is 18.1. The lowest BCUT2D eigenvalue weighted by molar-refractivity contribution is 0.102. The molecule has 0 bridgehead atoms. The van der Waals surface area contributed by atoms with Gasteiger partial charge in [0.15, 0.2) is 5.75 Å². The van der Waals surface area contributed by atoms with E-state index in [1.165, 1.54) is 48.5 Å². The molecule has 0 saturated heterocycles. The summed E-state index contributed by atoms with van der Waals surface area (Å²) in [6, 6.07) is 17.8. The van der Waals surface area contributed by atoms with Crippen molar-refractivity contribution < 1.29 is 35.8 Å². The van der Waals surface area contributed by atoms with Gasteiger partial charge in [-0.3, -0.25) is 13.9 Å². The number of nitrogens with one attached hydrogen (secondary N) is 1. The highest BCUT2D eigenvalue weighted by atomic mass is 32.2. The van der Waals surface area contributed by atoms with Crippen molar-refractivity contribution in [3.8, 4) is 5.75 Å². The van der Waals surface area contributed by atoms with E-state index < -0.39 is 31.0 Å². The Hall–Kier alpha value is -4.17. The van der Waals surface area contributed by atoms with Crippen LogP contribution in [0.4, 0.5) is 17.1 Å². The van der Waals surface area contributed by atoms with Gasteiger partial charge in [0.25, 0.3) is 26.1 Å². The lowest BCUT2D eigenvalue weighted by Gasteiger charge is -2.08. The molecule has 0 unspecified atom stereocenters. The van der Waals surface area contributed by atoms with E-state index in [1.54, 1.807) is 12.1 Å². The third-order valence-corrected chi connectivity index (χ3v) is 6.81. The molecule has 0 spiro atoms. The van der Waals surface area contributed by atoms with Crippen LogP contribution in [0.1, 0.15) is 10.4 Å². The number of rotatable bonds is 6. The summed E-state index contributed by atoms with van der Waals surface area (Å²) in [5.41, 5.74) is 0.647. The van der Waals surface area contributed by atoms with E-state index in [0.29, 0.717) is 5.69 Å². The summed E-state index contributed by atoms with van der Waals surface area (Å²) in [6.07, 6.45) is 0. The number of phenolic OH excluding ortho intramolecular Hbond substituents is 1. The Balaban J connectivity index is 1.55. The minimum atomic E-state index is -4.60. The molecule has 0 aliphatic heterocycles. The summed E-state index contributed by atoms with van der Waals surface area (Å²) in [6.45, 7) is 0. The molecule has 4 N–H and O–H groups in total. The molecule has 0 saturated carbocycles. The number of aromatic hydroxyl groups is 1. The van der Waals surface area contributed by atoms with Gasteiger partial charge in [0.2, 0.25) is 0 Å². The van der Waals surface area contributed by atoms with Gasteiger partial charge in [-0.05, 0) is 54.6 Å². The van der Waals surface area contributed by atoms with E-state index in [-0.39, 0.29) is 38.4 Å². The first-order valence-corrected chi connectivity index (χ1v) is 12.9. The smallest absolute Gasteiger partial charge is 0.295 e. The molecule has 0 aromatic heterocycles. The van der Waals surface area contributed by atoms with Crippen molar-refractivity contribution in [2.45, 2.75) is 9.79 Å². The molecule has 0 atom stereocenters. The lowest BCUT2D eigenvalue weighted by atomic mass is 10.1. The molecule has 0 radical (unpaired) electrons. The molecule has 0 heterocycles. The zero-order valence-corrected chi connectivity index (χ0v) is 19.7. The van der Waals surface area contributed by atoms with Gasteiger partial charge in [-0.2, -0.15) is 21.9 Å². The Kier molecular flexibility index (Phi) is 6.56. The topological polar surface area (TPSA) is 183 Å². The average Bonchev–Trinajstić information content (AvgIpc) is 2.83. The van der Waals surface area contributed by atoms with Gasteiger partial charge in [0, 0.05) is 22.0 Å². The van der Waals surface area contributed by atoms with Crippen LogP contribution in [0.2, 0.25) is 0 Å². The molecule has 4 aromatic carbocycles. The normalized spacial score (nSPS) is 12.2. The van der Waals surface area contributed by atoms with Crippen LogP contribution in [0.15, 0.2) is 98.9 Å². The van der Waals surface area contributed by atoms with Crippen LogP contribution in [0.25, 0.3) is 10.8 Å². The first kappa shape index (κ1) is 24.9. The number of amides is 1. The summed E-state index contributed by atoms with van der Waals surface area (Å²) in [4.78, 5) is 11.7. The summed E-state index contributed by atoms with van der Waals surface area (Å²) < 4.78 is 64.4. The maximum absolute atomic E-state index is 12.4. The predicted octanol–water partition coefficient (Wildman–Crippen LogP) is 4.71. The largest absolute Gasteiger partial charge is 0.505 e. The van der Waals surface area contributed by atoms with Crippen molar-refractivity contribution in [3.05, 3.63) is 84.4 Å². The van der Waals surface area contributed by atoms with Gasteiger partial charge in [0.1, 0.15) is 10.6 Å². The van der Waals surface area contributed by atoms with E-state index in [1.807, 2.05) is 0 Å². The van der Waals surface area contributed by atoms with Gasteiger partial charge >= 0.3 is 0 Å². The van der Waals surface area contributed by atoms with Gasteiger partial charge in [0.05, 0.1) is 10.6 Å². The van der Waals surface area contributed by atoms with Gasteiger partial charge in [-0.1, -0.05) is 24.3 Å². The summed E-state index contributed by atoms with van der Waals surface area (Å²) in [5.74, 6) is -0.819. The molecule has 1 amide bonds. The second-order valence-electron chi connectivity index (χ2n) is 7.46. The van der Waals surface area contributed by atoms with Gasteiger partial charge < -0.3 is 10.4 Å². The van der Waals surface area contributed by atoms with Crippen LogP contribution in [-0.4, -0.2) is 37.0 Å². The minimum absolute atomic E-state index is 0.124. The summed E-state index contributed by atoms with van der Waals surface area (Å²) in [7, 11) is -8.95. The van der Waals surface area contributed by atoms with E-state index in [2.05, 4.69) is 15.5 Å². The van der Waals surface area contributed by atoms with E-state index in [0.717, 1.165) is 18.2 Å². The molecule has 36 heavy (non-hydrogen) atoms. The number of nitrogens with zero attached hydrogens (tertiary/aromatic N) is 2. The van der Waals surface area contributed by atoms with E-state index in [9.17, 15) is 31.3 Å². The SMILES string of the molecule is O=C(Nc1ccc(S(=O)(=O)O)cc1)c1ccc(N=Nc2cc(S(=O)(=O)O)c3ccccc3c2O)cc1. The van der Waals surface area contributed by atoms with Crippen molar-refractivity contribution in [2.75, 3.05) is 5.32 Å². The van der Waals surface area contributed by atoms with Gasteiger partial charge in [-0.15, -0.1) is 5.11 Å². The Morgan fingerprint density at radius 1 is 0.750 bits per heavy atom. The quantitative estimate of drug-likeness (QED) is 0.205. The van der Waals surface area contributed by atoms with E-state index in [4.69, 9.17) is 4.55 Å². The second-order valence-corrected chi connectivity index (χ2v) is 10.3.